The maximum atomic E-state index is 9.43. The molecule has 0 bridgehead atoms. The number of hydrogen-bond donors (Lipinski definition) is 1. The highest BCUT2D eigenvalue weighted by atomic mass is 16.3. The van der Waals surface area contributed by atoms with Crippen molar-refractivity contribution in [2.45, 2.75) is 38.6 Å². The number of aromatic nitrogens is 1. The smallest absolute Gasteiger partial charge is 0.128 e. The predicted octanol–water partition coefficient (Wildman–Crippen LogP) is 2.13. The Morgan fingerprint density at radius 3 is 2.94 bits per heavy atom. The standard InChI is InChI=1S/C13H20N2O/c1-11-6-7-13(14-9-11)15-8-4-2-3-5-12(15)10-16/h6-7,9,12,16H,2-5,8,10H2,1H3. The first-order chi connectivity index (χ1) is 7.81. The Bertz CT molecular complexity index is 323. The quantitative estimate of drug-likeness (QED) is 0.829. The molecule has 1 aromatic rings. The van der Waals surface area contributed by atoms with E-state index in [9.17, 15) is 5.11 Å². The third kappa shape index (κ3) is 2.53. The van der Waals surface area contributed by atoms with Crippen LogP contribution in [0.5, 0.6) is 0 Å². The van der Waals surface area contributed by atoms with Gasteiger partial charge in [-0.25, -0.2) is 4.98 Å². The van der Waals surface area contributed by atoms with Crippen LogP contribution in [-0.2, 0) is 0 Å². The molecule has 1 aromatic heterocycles. The van der Waals surface area contributed by atoms with Gasteiger partial charge < -0.3 is 10.0 Å². The lowest BCUT2D eigenvalue weighted by atomic mass is 10.1. The normalized spacial score (nSPS) is 21.9. The van der Waals surface area contributed by atoms with Crippen LogP contribution in [0.1, 0.15) is 31.2 Å². The molecule has 0 aliphatic carbocycles. The minimum atomic E-state index is 0.232. The average molecular weight is 220 g/mol. The number of nitrogens with zero attached hydrogens (tertiary/aromatic N) is 2. The molecule has 1 unspecified atom stereocenters. The van der Waals surface area contributed by atoms with Crippen molar-refractivity contribution < 1.29 is 5.11 Å². The average Bonchev–Trinajstić information content (AvgIpc) is 2.55. The Balaban J connectivity index is 2.18. The van der Waals surface area contributed by atoms with Crippen molar-refractivity contribution in [3.63, 3.8) is 0 Å². The molecular weight excluding hydrogens is 200 g/mol. The maximum Gasteiger partial charge on any atom is 0.128 e. The molecule has 0 radical (unpaired) electrons. The molecule has 1 aliphatic rings. The second kappa shape index (κ2) is 5.30. The molecule has 0 spiro atoms. The Labute approximate surface area is 97.1 Å². The number of hydrogen-bond acceptors (Lipinski definition) is 3. The zero-order valence-corrected chi connectivity index (χ0v) is 9.89. The molecule has 16 heavy (non-hydrogen) atoms. The van der Waals surface area contributed by atoms with Gasteiger partial charge in [0.25, 0.3) is 0 Å². The number of anilines is 1. The van der Waals surface area contributed by atoms with Gasteiger partial charge in [0, 0.05) is 12.7 Å². The Morgan fingerprint density at radius 1 is 1.38 bits per heavy atom. The molecule has 3 nitrogen and oxygen atoms in total. The van der Waals surface area contributed by atoms with Crippen LogP contribution in [0.25, 0.3) is 0 Å². The third-order valence-corrected chi connectivity index (χ3v) is 3.28. The first-order valence-corrected chi connectivity index (χ1v) is 6.11. The van der Waals surface area contributed by atoms with Crippen LogP contribution in [-0.4, -0.2) is 29.3 Å². The third-order valence-electron chi connectivity index (χ3n) is 3.28. The van der Waals surface area contributed by atoms with Gasteiger partial charge in [0.15, 0.2) is 0 Å². The molecule has 1 fully saturated rings. The molecule has 0 amide bonds. The van der Waals surface area contributed by atoms with Gasteiger partial charge in [0.2, 0.25) is 0 Å². The van der Waals surface area contributed by atoms with Crippen molar-refractivity contribution in [2.75, 3.05) is 18.1 Å². The van der Waals surface area contributed by atoms with Crippen molar-refractivity contribution in [1.82, 2.24) is 4.98 Å². The first kappa shape index (κ1) is 11.4. The summed E-state index contributed by atoms with van der Waals surface area (Å²) in [4.78, 5) is 6.71. The van der Waals surface area contributed by atoms with Crippen molar-refractivity contribution in [3.05, 3.63) is 23.9 Å². The van der Waals surface area contributed by atoms with Crippen LogP contribution in [0, 0.1) is 6.92 Å². The second-order valence-corrected chi connectivity index (χ2v) is 4.57. The topological polar surface area (TPSA) is 36.4 Å². The van der Waals surface area contributed by atoms with Gasteiger partial charge in [0.05, 0.1) is 12.6 Å². The van der Waals surface area contributed by atoms with Gasteiger partial charge in [-0.05, 0) is 31.4 Å². The summed E-state index contributed by atoms with van der Waals surface area (Å²) in [5, 5.41) is 9.43. The summed E-state index contributed by atoms with van der Waals surface area (Å²) in [6.07, 6.45) is 6.65. The van der Waals surface area contributed by atoms with E-state index in [4.69, 9.17) is 0 Å². The van der Waals surface area contributed by atoms with E-state index >= 15 is 0 Å². The molecule has 2 rings (SSSR count). The van der Waals surface area contributed by atoms with E-state index < -0.39 is 0 Å². The number of aryl methyl sites for hydroxylation is 1. The molecule has 3 heteroatoms. The minimum absolute atomic E-state index is 0.232. The molecule has 1 atom stereocenters. The summed E-state index contributed by atoms with van der Waals surface area (Å²) in [6.45, 7) is 3.29. The van der Waals surface area contributed by atoms with Gasteiger partial charge in [0.1, 0.15) is 5.82 Å². The van der Waals surface area contributed by atoms with E-state index in [1.54, 1.807) is 0 Å². The molecule has 2 heterocycles. The number of rotatable bonds is 2. The Hall–Kier alpha value is -1.09. The van der Waals surface area contributed by atoms with E-state index in [0.29, 0.717) is 0 Å². The second-order valence-electron chi connectivity index (χ2n) is 4.57. The van der Waals surface area contributed by atoms with Gasteiger partial charge in [-0.3, -0.25) is 0 Å². The largest absolute Gasteiger partial charge is 0.394 e. The highest BCUT2D eigenvalue weighted by Gasteiger charge is 2.21. The lowest BCUT2D eigenvalue weighted by molar-refractivity contribution is 0.254. The monoisotopic (exact) mass is 220 g/mol. The van der Waals surface area contributed by atoms with Crippen molar-refractivity contribution in [1.29, 1.82) is 0 Å². The zero-order chi connectivity index (χ0) is 11.4. The van der Waals surface area contributed by atoms with Crippen LogP contribution in [0.2, 0.25) is 0 Å². The van der Waals surface area contributed by atoms with E-state index in [-0.39, 0.29) is 12.6 Å². The van der Waals surface area contributed by atoms with Crippen molar-refractivity contribution >= 4 is 5.82 Å². The first-order valence-electron chi connectivity index (χ1n) is 6.11. The van der Waals surface area contributed by atoms with Crippen LogP contribution in [0.4, 0.5) is 5.82 Å². The lowest BCUT2D eigenvalue weighted by Crippen LogP contribution is -2.38. The van der Waals surface area contributed by atoms with Gasteiger partial charge in [-0.2, -0.15) is 0 Å². The molecule has 0 saturated carbocycles. The van der Waals surface area contributed by atoms with Crippen LogP contribution >= 0.6 is 0 Å². The zero-order valence-electron chi connectivity index (χ0n) is 9.89. The van der Waals surface area contributed by atoms with Gasteiger partial charge >= 0.3 is 0 Å². The molecule has 1 aliphatic heterocycles. The molecule has 88 valence electrons. The summed E-state index contributed by atoms with van der Waals surface area (Å²) < 4.78 is 0. The summed E-state index contributed by atoms with van der Waals surface area (Å²) in [5.74, 6) is 1.01. The molecule has 1 saturated heterocycles. The molecular formula is C13H20N2O. The Kier molecular flexibility index (Phi) is 3.78. The number of aliphatic hydroxyl groups is 1. The van der Waals surface area contributed by atoms with Crippen LogP contribution in [0.3, 0.4) is 0 Å². The fourth-order valence-corrected chi connectivity index (χ4v) is 2.30. The van der Waals surface area contributed by atoms with Gasteiger partial charge in [-0.15, -0.1) is 0 Å². The highest BCUT2D eigenvalue weighted by molar-refractivity contribution is 5.40. The summed E-state index contributed by atoms with van der Waals surface area (Å²) in [5.41, 5.74) is 1.18. The predicted molar refractivity (Wildman–Crippen MR) is 65.7 cm³/mol. The summed E-state index contributed by atoms with van der Waals surface area (Å²) in [6, 6.07) is 4.39. The maximum absolute atomic E-state index is 9.43. The summed E-state index contributed by atoms with van der Waals surface area (Å²) >= 11 is 0. The SMILES string of the molecule is Cc1ccc(N2CCCCCC2CO)nc1. The fourth-order valence-electron chi connectivity index (χ4n) is 2.30. The van der Waals surface area contributed by atoms with E-state index in [0.717, 1.165) is 18.8 Å². The van der Waals surface area contributed by atoms with Crippen LogP contribution in [0.15, 0.2) is 18.3 Å². The molecule has 0 aromatic carbocycles. The fraction of sp³-hybridized carbons (Fsp3) is 0.615. The van der Waals surface area contributed by atoms with Crippen LogP contribution < -0.4 is 4.90 Å². The van der Waals surface area contributed by atoms with E-state index in [1.807, 2.05) is 13.1 Å². The van der Waals surface area contributed by atoms with Crippen molar-refractivity contribution in [2.24, 2.45) is 0 Å². The number of aliphatic hydroxyl groups excluding tert-OH is 1. The van der Waals surface area contributed by atoms with E-state index in [1.165, 1.54) is 24.8 Å². The van der Waals surface area contributed by atoms with E-state index in [2.05, 4.69) is 22.0 Å². The van der Waals surface area contributed by atoms with Gasteiger partial charge in [-0.1, -0.05) is 18.9 Å². The summed E-state index contributed by atoms with van der Waals surface area (Å²) in [7, 11) is 0. The van der Waals surface area contributed by atoms with Crippen molar-refractivity contribution in [3.8, 4) is 0 Å². The Morgan fingerprint density at radius 2 is 2.25 bits per heavy atom. The number of pyridine rings is 1. The lowest BCUT2D eigenvalue weighted by Gasteiger charge is -2.29. The molecule has 1 N–H and O–H groups in total. The highest BCUT2D eigenvalue weighted by Crippen LogP contribution is 2.22. The minimum Gasteiger partial charge on any atom is -0.394 e.